The van der Waals surface area contributed by atoms with Crippen molar-refractivity contribution in [3.8, 4) is 0 Å². The molecule has 0 saturated carbocycles. The fraction of sp³-hybridized carbons (Fsp3) is 0.579. The Morgan fingerprint density at radius 2 is 1.31 bits per heavy atom. The zero-order valence-electron chi connectivity index (χ0n) is 17.0. The second kappa shape index (κ2) is 11.2. The highest BCUT2D eigenvalue weighted by atomic mass is 16.7. The molecule has 29 heavy (non-hydrogen) atoms. The molecule has 0 N–H and O–H groups in total. The highest BCUT2D eigenvalue weighted by molar-refractivity contribution is 5.68. The number of ether oxygens (including phenoxy) is 6. The number of rotatable bonds is 8. The van der Waals surface area contributed by atoms with Crippen molar-refractivity contribution >= 4 is 23.9 Å². The maximum atomic E-state index is 11.7. The molecule has 0 aromatic heterocycles. The molecule has 0 bridgehead atoms. The van der Waals surface area contributed by atoms with E-state index in [0.717, 1.165) is 20.8 Å². The molecule has 1 aliphatic heterocycles. The van der Waals surface area contributed by atoms with Crippen molar-refractivity contribution in [2.24, 2.45) is 0 Å². The van der Waals surface area contributed by atoms with Gasteiger partial charge in [-0.2, -0.15) is 0 Å². The van der Waals surface area contributed by atoms with Gasteiger partial charge >= 0.3 is 23.9 Å². The Balaban J connectivity index is 3.35. The Hall–Kier alpha value is -2.88. The van der Waals surface area contributed by atoms with Crippen LogP contribution in [0.4, 0.5) is 0 Å². The molecule has 0 aliphatic carbocycles. The third kappa shape index (κ3) is 7.94. The van der Waals surface area contributed by atoms with Crippen LogP contribution in [-0.2, 0) is 47.6 Å². The predicted octanol–water partition coefficient (Wildman–Crippen LogP) is 1.18. The lowest BCUT2D eigenvalue weighted by molar-refractivity contribution is -0.299. The summed E-state index contributed by atoms with van der Waals surface area (Å²) < 4.78 is 32.2. The van der Waals surface area contributed by atoms with Crippen LogP contribution in [0.2, 0.25) is 0 Å². The van der Waals surface area contributed by atoms with Crippen LogP contribution in [0.5, 0.6) is 0 Å². The summed E-state index contributed by atoms with van der Waals surface area (Å²) in [4.78, 5) is 46.2. The minimum atomic E-state index is -1.27. The Labute approximate surface area is 168 Å². The highest BCUT2D eigenvalue weighted by Gasteiger charge is 2.53. The molecule has 5 atom stereocenters. The first-order chi connectivity index (χ1) is 13.5. The predicted molar refractivity (Wildman–Crippen MR) is 97.0 cm³/mol. The van der Waals surface area contributed by atoms with E-state index in [1.165, 1.54) is 19.1 Å². The quantitative estimate of drug-likeness (QED) is 0.247. The molecule has 0 amide bonds. The third-order valence-corrected chi connectivity index (χ3v) is 3.60. The number of carbonyl (C=O) groups is 4. The van der Waals surface area contributed by atoms with Crippen LogP contribution in [0.3, 0.4) is 0 Å². The summed E-state index contributed by atoms with van der Waals surface area (Å²) in [5.41, 5.74) is 0. The molecule has 0 aromatic carbocycles. The van der Waals surface area contributed by atoms with E-state index in [2.05, 4.69) is 6.58 Å². The van der Waals surface area contributed by atoms with Gasteiger partial charge in [0.2, 0.25) is 12.4 Å². The molecule has 0 spiro atoms. The van der Waals surface area contributed by atoms with Gasteiger partial charge in [0, 0.05) is 27.7 Å². The van der Waals surface area contributed by atoms with Crippen LogP contribution < -0.4 is 0 Å². The van der Waals surface area contributed by atoms with Crippen molar-refractivity contribution in [1.29, 1.82) is 0 Å². The van der Waals surface area contributed by atoms with Crippen molar-refractivity contribution in [2.45, 2.75) is 65.3 Å². The summed E-state index contributed by atoms with van der Waals surface area (Å²) in [6.07, 6.45) is -3.04. The highest BCUT2D eigenvalue weighted by Crippen LogP contribution is 2.30. The third-order valence-electron chi connectivity index (χ3n) is 3.60. The van der Waals surface area contributed by atoms with Gasteiger partial charge in [-0.25, -0.2) is 0 Å². The molecule has 1 heterocycles. The van der Waals surface area contributed by atoms with Crippen LogP contribution in [-0.4, -0.2) is 61.2 Å². The summed E-state index contributed by atoms with van der Waals surface area (Å²) in [7, 11) is 0. The van der Waals surface area contributed by atoms with E-state index in [1.807, 2.05) is 0 Å². The van der Waals surface area contributed by atoms with Gasteiger partial charge < -0.3 is 28.4 Å². The van der Waals surface area contributed by atoms with Crippen molar-refractivity contribution in [1.82, 2.24) is 0 Å². The number of esters is 4. The van der Waals surface area contributed by atoms with Crippen molar-refractivity contribution in [2.75, 3.05) is 6.61 Å². The largest absolute Gasteiger partial charge is 0.465 e. The second-order valence-corrected chi connectivity index (χ2v) is 6.20. The van der Waals surface area contributed by atoms with Gasteiger partial charge in [-0.05, 0) is 13.0 Å². The van der Waals surface area contributed by atoms with E-state index in [0.29, 0.717) is 5.76 Å². The Morgan fingerprint density at radius 1 is 0.793 bits per heavy atom. The van der Waals surface area contributed by atoms with Gasteiger partial charge in [-0.3, -0.25) is 19.2 Å². The van der Waals surface area contributed by atoms with Gasteiger partial charge in [0.1, 0.15) is 12.7 Å². The number of carbonyl (C=O) groups excluding carboxylic acids is 4. The first-order valence-corrected chi connectivity index (χ1v) is 8.81. The molecular weight excluding hydrogens is 388 g/mol. The van der Waals surface area contributed by atoms with E-state index in [-0.39, 0.29) is 6.61 Å². The van der Waals surface area contributed by atoms with Crippen LogP contribution >= 0.6 is 0 Å². The first-order valence-electron chi connectivity index (χ1n) is 8.81. The topological polar surface area (TPSA) is 124 Å². The van der Waals surface area contributed by atoms with E-state index < -0.39 is 54.6 Å². The Kier molecular flexibility index (Phi) is 9.33. The van der Waals surface area contributed by atoms with E-state index in [9.17, 15) is 19.2 Å². The first kappa shape index (κ1) is 24.2. The molecule has 1 fully saturated rings. The molecule has 10 heteroatoms. The smallest absolute Gasteiger partial charge is 0.303 e. The average Bonchev–Trinajstić information content (AvgIpc) is 2.57. The van der Waals surface area contributed by atoms with Crippen molar-refractivity contribution in [3.05, 3.63) is 24.5 Å². The summed E-state index contributed by atoms with van der Waals surface area (Å²) >= 11 is 0. The van der Waals surface area contributed by atoms with Gasteiger partial charge in [0.25, 0.3) is 0 Å². The summed E-state index contributed by atoms with van der Waals surface area (Å²) in [6.45, 7) is 9.48. The monoisotopic (exact) mass is 414 g/mol. The lowest BCUT2D eigenvalue weighted by Gasteiger charge is -2.44. The fourth-order valence-corrected chi connectivity index (χ4v) is 2.67. The number of hydrogen-bond donors (Lipinski definition) is 0. The molecule has 1 saturated heterocycles. The fourth-order valence-electron chi connectivity index (χ4n) is 2.67. The molecule has 1 rings (SSSR count). The van der Waals surface area contributed by atoms with Crippen LogP contribution in [0, 0.1) is 0 Å². The summed E-state index contributed by atoms with van der Waals surface area (Å²) in [5, 5.41) is 0. The number of hydrogen-bond acceptors (Lipinski definition) is 10. The zero-order valence-corrected chi connectivity index (χ0v) is 17.0. The van der Waals surface area contributed by atoms with E-state index >= 15 is 0 Å². The molecule has 0 radical (unpaired) electrons. The lowest BCUT2D eigenvalue weighted by Crippen LogP contribution is -2.62. The minimum Gasteiger partial charge on any atom is -0.465 e. The normalized spacial score (nSPS) is 26.7. The molecule has 1 aliphatic rings. The Morgan fingerprint density at radius 3 is 1.79 bits per heavy atom. The van der Waals surface area contributed by atoms with E-state index in [1.54, 1.807) is 6.92 Å². The minimum absolute atomic E-state index is 0.318. The van der Waals surface area contributed by atoms with Crippen LogP contribution in [0.25, 0.3) is 0 Å². The van der Waals surface area contributed by atoms with Crippen LogP contribution in [0.15, 0.2) is 24.5 Å². The van der Waals surface area contributed by atoms with Gasteiger partial charge in [0.15, 0.2) is 12.2 Å². The zero-order chi connectivity index (χ0) is 22.1. The lowest BCUT2D eigenvalue weighted by atomic mass is 9.98. The van der Waals surface area contributed by atoms with Gasteiger partial charge in [-0.1, -0.05) is 12.7 Å². The maximum Gasteiger partial charge on any atom is 0.303 e. The molecule has 0 aromatic rings. The average molecular weight is 414 g/mol. The standard InChI is InChI=1S/C19H26O10/c1-7-8-10(2)25-19-18(28-14(6)23)17(27-13(5)22)16(26-12(4)21)15(29-19)9-24-11(3)20/h7-8,15-19H,1,9H2,2-6H3/b10-8+/t15-,16+,17+,18-,19-/m1/s1. The van der Waals surface area contributed by atoms with Gasteiger partial charge in [0.05, 0.1) is 5.76 Å². The summed E-state index contributed by atoms with van der Waals surface area (Å²) in [5.74, 6) is -2.35. The Bertz CT molecular complexity index is 668. The summed E-state index contributed by atoms with van der Waals surface area (Å²) in [6, 6.07) is 0. The van der Waals surface area contributed by atoms with E-state index in [4.69, 9.17) is 28.4 Å². The van der Waals surface area contributed by atoms with Gasteiger partial charge in [-0.15, -0.1) is 0 Å². The second-order valence-electron chi connectivity index (χ2n) is 6.20. The van der Waals surface area contributed by atoms with Crippen molar-refractivity contribution in [3.63, 3.8) is 0 Å². The molecule has 10 nitrogen and oxygen atoms in total. The molecule has 0 unspecified atom stereocenters. The molecule has 162 valence electrons. The SMILES string of the molecule is C=C/C=C(\C)O[C@@H]1O[C@H](COC(C)=O)[C@H](OC(C)=O)[C@H](OC(C)=O)[C@H]1OC(C)=O. The molecular formula is C19H26O10. The van der Waals surface area contributed by atoms with Crippen molar-refractivity contribution < 1.29 is 47.6 Å². The van der Waals surface area contributed by atoms with Crippen LogP contribution in [0.1, 0.15) is 34.6 Å². The maximum absolute atomic E-state index is 11.7. The number of allylic oxidation sites excluding steroid dienone is 3.